The Morgan fingerprint density at radius 3 is 2.22 bits per heavy atom. The van der Waals surface area contributed by atoms with Gasteiger partial charge >= 0.3 is 14.9 Å². The molecule has 1 aromatic carbocycles. The van der Waals surface area contributed by atoms with E-state index in [1.165, 1.54) is 0 Å². The highest BCUT2D eigenvalue weighted by Gasteiger charge is 2.35. The Bertz CT molecular complexity index is 646. The van der Waals surface area contributed by atoms with Gasteiger partial charge in [-0.15, -0.1) is 5.12 Å². The second-order valence-corrected chi connectivity index (χ2v) is 7.79. The minimum atomic E-state index is -3.36. The molecular weight excluding hydrogens is 397 g/mol. The molecule has 1 N–H and O–H groups in total. The van der Waals surface area contributed by atoms with Crippen LogP contribution in [0.25, 0.3) is 0 Å². The van der Waals surface area contributed by atoms with Crippen LogP contribution in [0.1, 0.15) is 26.7 Å². The molecule has 0 saturated carbocycles. The SMILES string of the molecule is CCO[Si](O)(CCCCN(F)C(=O)Oc1cc(F)c(F)c(F)c1F)OCC. The van der Waals surface area contributed by atoms with Crippen LogP contribution in [0.15, 0.2) is 6.07 Å². The van der Waals surface area contributed by atoms with Crippen LogP contribution in [-0.4, -0.2) is 44.6 Å². The summed E-state index contributed by atoms with van der Waals surface area (Å²) in [5, 5.41) is -0.444. The van der Waals surface area contributed by atoms with Crippen LogP contribution in [0, 0.1) is 23.3 Å². The van der Waals surface area contributed by atoms with E-state index in [9.17, 15) is 31.6 Å². The zero-order valence-corrected chi connectivity index (χ0v) is 15.7. The van der Waals surface area contributed by atoms with Crippen LogP contribution < -0.4 is 4.74 Å². The second-order valence-electron chi connectivity index (χ2n) is 5.29. The average molecular weight is 417 g/mol. The minimum absolute atomic E-state index is 0.0652. The van der Waals surface area contributed by atoms with E-state index in [0.29, 0.717) is 0 Å². The summed E-state index contributed by atoms with van der Waals surface area (Å²) in [7, 11) is -3.36. The van der Waals surface area contributed by atoms with Crippen LogP contribution in [0.4, 0.5) is 26.8 Å². The Labute approximate surface area is 153 Å². The number of rotatable bonds is 10. The van der Waals surface area contributed by atoms with Gasteiger partial charge in [-0.1, -0.05) is 4.48 Å². The monoisotopic (exact) mass is 417 g/mol. The lowest BCUT2D eigenvalue weighted by atomic mass is 10.3. The molecular formula is C15H20F5NO5Si. The number of halogens is 5. The molecule has 6 nitrogen and oxygen atoms in total. The number of hydrogen-bond acceptors (Lipinski definition) is 5. The predicted molar refractivity (Wildman–Crippen MR) is 85.4 cm³/mol. The van der Waals surface area contributed by atoms with Gasteiger partial charge in [0.15, 0.2) is 17.4 Å². The molecule has 0 aliphatic carbocycles. The van der Waals surface area contributed by atoms with Gasteiger partial charge in [-0.3, -0.25) is 0 Å². The van der Waals surface area contributed by atoms with Crippen molar-refractivity contribution in [2.24, 2.45) is 0 Å². The quantitative estimate of drug-likeness (QED) is 0.157. The number of carbonyl (C=O) groups excluding carboxylic acids is 1. The molecule has 0 aromatic heterocycles. The highest BCUT2D eigenvalue weighted by Crippen LogP contribution is 2.25. The molecule has 0 aliphatic heterocycles. The molecule has 0 bridgehead atoms. The molecule has 0 spiro atoms. The smallest absolute Gasteiger partial charge is 0.405 e. The highest BCUT2D eigenvalue weighted by atomic mass is 28.4. The van der Waals surface area contributed by atoms with Gasteiger partial charge in [0.05, 0.1) is 6.54 Å². The third-order valence-electron chi connectivity index (χ3n) is 3.30. The second kappa shape index (κ2) is 10.5. The summed E-state index contributed by atoms with van der Waals surface area (Å²) < 4.78 is 80.5. The number of unbranched alkanes of at least 4 members (excludes halogenated alkanes) is 1. The number of nitrogens with zero attached hydrogens (tertiary/aromatic N) is 1. The first-order chi connectivity index (χ1) is 12.6. The first kappa shape index (κ1) is 23.3. The Hall–Kier alpha value is -1.76. The van der Waals surface area contributed by atoms with Crippen molar-refractivity contribution < 1.29 is 45.2 Å². The molecule has 0 unspecified atom stereocenters. The summed E-state index contributed by atoms with van der Waals surface area (Å²) in [5.41, 5.74) is 0. The molecule has 0 saturated heterocycles. The number of amides is 1. The summed E-state index contributed by atoms with van der Waals surface area (Å²) >= 11 is 0. The first-order valence-electron chi connectivity index (χ1n) is 8.13. The fraction of sp³-hybridized carbons (Fsp3) is 0.533. The van der Waals surface area contributed by atoms with Crippen molar-refractivity contribution in [3.8, 4) is 5.75 Å². The summed E-state index contributed by atoms with van der Waals surface area (Å²) in [6.45, 7) is 3.32. The Balaban J connectivity index is 2.54. The third-order valence-corrected chi connectivity index (χ3v) is 5.77. The maximum Gasteiger partial charge on any atom is 0.498 e. The van der Waals surface area contributed by atoms with Crippen molar-refractivity contribution in [2.75, 3.05) is 19.8 Å². The fourth-order valence-electron chi connectivity index (χ4n) is 2.10. The van der Waals surface area contributed by atoms with Crippen LogP contribution in [0.5, 0.6) is 5.75 Å². The van der Waals surface area contributed by atoms with Gasteiger partial charge in [-0.25, -0.2) is 18.0 Å². The summed E-state index contributed by atoms with van der Waals surface area (Å²) in [4.78, 5) is 21.6. The molecule has 1 aromatic rings. The van der Waals surface area contributed by atoms with Crippen LogP contribution in [-0.2, 0) is 8.85 Å². The topological polar surface area (TPSA) is 68.2 Å². The maximum absolute atomic E-state index is 13.7. The molecule has 0 radical (unpaired) electrons. The van der Waals surface area contributed by atoms with Gasteiger partial charge in [0.1, 0.15) is 0 Å². The van der Waals surface area contributed by atoms with Crippen molar-refractivity contribution in [2.45, 2.75) is 32.7 Å². The molecule has 1 rings (SSSR count). The van der Waals surface area contributed by atoms with Gasteiger partial charge < -0.3 is 18.4 Å². The van der Waals surface area contributed by atoms with Crippen molar-refractivity contribution >= 4 is 14.9 Å². The van der Waals surface area contributed by atoms with Gasteiger partial charge in [0.25, 0.3) is 0 Å². The third kappa shape index (κ3) is 6.72. The lowest BCUT2D eigenvalue weighted by Gasteiger charge is -2.23. The van der Waals surface area contributed by atoms with Crippen molar-refractivity contribution in [3.05, 3.63) is 29.3 Å². The highest BCUT2D eigenvalue weighted by molar-refractivity contribution is 6.59. The Kier molecular flexibility index (Phi) is 9.09. The van der Waals surface area contributed by atoms with E-state index in [4.69, 9.17) is 8.85 Å². The van der Waals surface area contributed by atoms with Crippen LogP contribution >= 0.6 is 0 Å². The van der Waals surface area contributed by atoms with Crippen molar-refractivity contribution in [3.63, 3.8) is 0 Å². The summed E-state index contributed by atoms with van der Waals surface area (Å²) in [6, 6.07) is 0.218. The van der Waals surface area contributed by atoms with Crippen LogP contribution in [0.3, 0.4) is 0 Å². The van der Waals surface area contributed by atoms with Gasteiger partial charge in [0.2, 0.25) is 11.6 Å². The molecule has 0 aliphatic rings. The van der Waals surface area contributed by atoms with E-state index < -0.39 is 55.6 Å². The molecule has 0 atom stereocenters. The van der Waals surface area contributed by atoms with E-state index >= 15 is 0 Å². The largest absolute Gasteiger partial charge is 0.498 e. The lowest BCUT2D eigenvalue weighted by Crippen LogP contribution is -2.42. The standard InChI is InChI=1S/C15H20F5NO5Si/c1-3-24-27(23,25-4-2)8-6-5-7-21(20)15(22)26-11-9-10(16)12(17)14(19)13(11)18/h9,23H,3-8H2,1-2H3. The van der Waals surface area contributed by atoms with Gasteiger partial charge in [-0.05, 0) is 26.7 Å². The summed E-state index contributed by atoms with van der Waals surface area (Å²) in [6.07, 6.45) is -1.43. The number of benzene rings is 1. The number of carbonyl (C=O) groups is 1. The lowest BCUT2D eigenvalue weighted by molar-refractivity contribution is 0.0345. The molecule has 0 heterocycles. The van der Waals surface area contributed by atoms with E-state index in [0.717, 1.165) is 0 Å². The minimum Gasteiger partial charge on any atom is -0.405 e. The molecule has 1 amide bonds. The zero-order valence-electron chi connectivity index (χ0n) is 14.7. The maximum atomic E-state index is 13.7. The van der Waals surface area contributed by atoms with E-state index in [-0.39, 0.29) is 38.2 Å². The van der Waals surface area contributed by atoms with Crippen molar-refractivity contribution in [1.82, 2.24) is 5.12 Å². The van der Waals surface area contributed by atoms with E-state index in [1.807, 2.05) is 0 Å². The van der Waals surface area contributed by atoms with Gasteiger partial charge in [0, 0.05) is 25.3 Å². The Morgan fingerprint density at radius 1 is 1.07 bits per heavy atom. The average Bonchev–Trinajstić information content (AvgIpc) is 2.61. The molecule has 0 fully saturated rings. The van der Waals surface area contributed by atoms with E-state index in [1.54, 1.807) is 13.8 Å². The molecule has 12 heteroatoms. The zero-order chi connectivity index (χ0) is 20.6. The van der Waals surface area contributed by atoms with Gasteiger partial charge in [-0.2, -0.15) is 4.39 Å². The van der Waals surface area contributed by atoms with Crippen molar-refractivity contribution in [1.29, 1.82) is 0 Å². The fourth-order valence-corrected chi connectivity index (χ4v) is 4.07. The molecule has 154 valence electrons. The van der Waals surface area contributed by atoms with Crippen LogP contribution in [0.2, 0.25) is 6.04 Å². The molecule has 27 heavy (non-hydrogen) atoms. The Morgan fingerprint density at radius 2 is 1.67 bits per heavy atom. The summed E-state index contributed by atoms with van der Waals surface area (Å²) in [5.74, 6) is -9.30. The number of hydrogen-bond donors (Lipinski definition) is 1. The first-order valence-corrected chi connectivity index (χ1v) is 10.1. The number of ether oxygens (including phenoxy) is 1. The predicted octanol–water partition coefficient (Wildman–Crippen LogP) is 3.71. The van der Waals surface area contributed by atoms with E-state index in [2.05, 4.69) is 4.74 Å². The normalized spacial score (nSPS) is 11.6.